The van der Waals surface area contributed by atoms with Gasteiger partial charge >= 0.3 is 0 Å². The summed E-state index contributed by atoms with van der Waals surface area (Å²) in [6.45, 7) is 4.51. The number of aromatic nitrogens is 2. The maximum absolute atomic E-state index is 4.23. The number of alkyl halides is 1. The zero-order valence-corrected chi connectivity index (χ0v) is 9.92. The molecule has 5 heteroatoms. The van der Waals surface area contributed by atoms with Crippen LogP contribution in [-0.4, -0.2) is 17.9 Å². The second kappa shape index (κ2) is 4.32. The van der Waals surface area contributed by atoms with Crippen LogP contribution in [0.5, 0.6) is 0 Å². The summed E-state index contributed by atoms with van der Waals surface area (Å²) in [5.41, 5.74) is 1.15. The van der Waals surface area contributed by atoms with E-state index in [0.29, 0.717) is 0 Å². The van der Waals surface area contributed by atoms with Gasteiger partial charge in [0.05, 0.1) is 0 Å². The number of hydrogen-bond donors (Lipinski definition) is 1. The molecule has 0 aliphatic heterocycles. The molecule has 0 amide bonds. The highest BCUT2D eigenvalue weighted by Crippen LogP contribution is 2.17. The molecule has 1 heterocycles. The molecule has 1 aromatic rings. The zero-order valence-electron chi connectivity index (χ0n) is 6.52. The summed E-state index contributed by atoms with van der Waals surface area (Å²) < 4.78 is 0. The largest absolute Gasteiger partial charge is 0.337 e. The SMILES string of the molecule is C[Si](C)Sc1ncc(CBr)[nH]1. The van der Waals surface area contributed by atoms with Gasteiger partial charge in [-0.2, -0.15) is 0 Å². The number of hydrogen-bond acceptors (Lipinski definition) is 2. The summed E-state index contributed by atoms with van der Waals surface area (Å²) in [5, 5.41) is 1.91. The first-order valence-corrected chi connectivity index (χ1v) is 8.46. The van der Waals surface area contributed by atoms with E-state index in [0.717, 1.165) is 16.2 Å². The molecule has 0 spiro atoms. The van der Waals surface area contributed by atoms with Crippen LogP contribution in [0.2, 0.25) is 13.1 Å². The summed E-state index contributed by atoms with van der Waals surface area (Å²) in [6.07, 6.45) is 1.88. The van der Waals surface area contributed by atoms with Crippen LogP contribution in [0.25, 0.3) is 0 Å². The van der Waals surface area contributed by atoms with Crippen LogP contribution < -0.4 is 0 Å². The molecule has 0 unspecified atom stereocenters. The Hall–Kier alpha value is 0.257. The molecule has 0 saturated heterocycles. The van der Waals surface area contributed by atoms with Gasteiger partial charge in [0.2, 0.25) is 0 Å². The lowest BCUT2D eigenvalue weighted by atomic mass is 10.6. The second-order valence-electron chi connectivity index (χ2n) is 2.36. The first-order chi connectivity index (χ1) is 5.22. The Balaban J connectivity index is 2.58. The van der Waals surface area contributed by atoms with E-state index in [-0.39, 0.29) is 7.95 Å². The molecule has 0 aliphatic carbocycles. The number of H-pyrrole nitrogens is 1. The van der Waals surface area contributed by atoms with Crippen molar-refractivity contribution < 1.29 is 0 Å². The molecular weight excluding hydrogens is 240 g/mol. The predicted molar refractivity (Wildman–Crippen MR) is 54.6 cm³/mol. The van der Waals surface area contributed by atoms with Crippen molar-refractivity contribution in [1.82, 2.24) is 9.97 Å². The van der Waals surface area contributed by atoms with Gasteiger partial charge in [0.25, 0.3) is 0 Å². The van der Waals surface area contributed by atoms with Crippen LogP contribution in [0.1, 0.15) is 5.69 Å². The van der Waals surface area contributed by atoms with Gasteiger partial charge in [0.15, 0.2) is 5.16 Å². The van der Waals surface area contributed by atoms with Gasteiger partial charge in [-0.3, -0.25) is 0 Å². The van der Waals surface area contributed by atoms with Crippen LogP contribution in [0, 0.1) is 0 Å². The van der Waals surface area contributed by atoms with E-state index in [4.69, 9.17) is 0 Å². The zero-order chi connectivity index (χ0) is 8.27. The topological polar surface area (TPSA) is 28.7 Å². The molecule has 1 aromatic heterocycles. The Morgan fingerprint density at radius 1 is 1.73 bits per heavy atom. The first kappa shape index (κ1) is 9.35. The minimum Gasteiger partial charge on any atom is -0.337 e. The molecule has 0 aromatic carbocycles. The van der Waals surface area contributed by atoms with Gasteiger partial charge in [0.1, 0.15) is 7.95 Å². The normalized spacial score (nSPS) is 10.9. The summed E-state index contributed by atoms with van der Waals surface area (Å²) in [4.78, 5) is 7.45. The Morgan fingerprint density at radius 2 is 2.45 bits per heavy atom. The molecule has 1 N–H and O–H groups in total. The smallest absolute Gasteiger partial charge is 0.159 e. The fourth-order valence-corrected chi connectivity index (χ4v) is 3.08. The molecule has 61 valence electrons. The van der Waals surface area contributed by atoms with Crippen molar-refractivity contribution in [3.63, 3.8) is 0 Å². The van der Waals surface area contributed by atoms with Crippen molar-refractivity contribution in [2.75, 3.05) is 0 Å². The van der Waals surface area contributed by atoms with Gasteiger partial charge in [-0.05, 0) is 0 Å². The Labute approximate surface area is 80.6 Å². The molecule has 11 heavy (non-hydrogen) atoms. The summed E-state index contributed by atoms with van der Waals surface area (Å²) in [5.74, 6) is 0. The van der Waals surface area contributed by atoms with Crippen molar-refractivity contribution in [3.05, 3.63) is 11.9 Å². The van der Waals surface area contributed by atoms with Crippen molar-refractivity contribution in [3.8, 4) is 0 Å². The molecule has 0 aliphatic rings. The first-order valence-electron chi connectivity index (χ1n) is 3.30. The van der Waals surface area contributed by atoms with E-state index in [1.165, 1.54) is 0 Å². The van der Waals surface area contributed by atoms with Gasteiger partial charge in [-0.1, -0.05) is 29.0 Å². The molecular formula is C6H10BrN2SSi. The van der Waals surface area contributed by atoms with Crippen molar-refractivity contribution in [1.29, 1.82) is 0 Å². The van der Waals surface area contributed by atoms with E-state index < -0.39 is 0 Å². The maximum Gasteiger partial charge on any atom is 0.159 e. The lowest BCUT2D eigenvalue weighted by molar-refractivity contribution is 1.05. The molecule has 1 rings (SSSR count). The van der Waals surface area contributed by atoms with Crippen LogP contribution in [-0.2, 0) is 5.33 Å². The van der Waals surface area contributed by atoms with Crippen molar-refractivity contribution in [2.45, 2.75) is 23.6 Å². The third kappa shape index (κ3) is 3.00. The van der Waals surface area contributed by atoms with Crippen molar-refractivity contribution in [2.24, 2.45) is 0 Å². The second-order valence-corrected chi connectivity index (χ2v) is 8.39. The third-order valence-electron chi connectivity index (χ3n) is 1.05. The van der Waals surface area contributed by atoms with Gasteiger partial charge in [-0.15, -0.1) is 11.2 Å². The molecule has 2 nitrogen and oxygen atoms in total. The highest BCUT2D eigenvalue weighted by atomic mass is 79.9. The number of imidazole rings is 1. The minimum absolute atomic E-state index is 0.274. The molecule has 0 saturated carbocycles. The molecule has 0 fully saturated rings. The highest BCUT2D eigenvalue weighted by molar-refractivity contribution is 9.08. The number of halogens is 1. The lowest BCUT2D eigenvalue weighted by Crippen LogP contribution is -1.92. The standard InChI is InChI=1S/C6H10BrN2SSi/c1-11(2)10-6-8-4-5(3-7)9-6/h4H,3H2,1-2H3,(H,8,9). The van der Waals surface area contributed by atoms with E-state index in [1.807, 2.05) is 17.4 Å². The van der Waals surface area contributed by atoms with E-state index in [2.05, 4.69) is 39.0 Å². The van der Waals surface area contributed by atoms with Crippen LogP contribution in [0.3, 0.4) is 0 Å². The summed E-state index contributed by atoms with van der Waals surface area (Å²) in [6, 6.07) is 0. The van der Waals surface area contributed by atoms with Gasteiger partial charge in [-0.25, -0.2) is 4.98 Å². The molecule has 0 atom stereocenters. The van der Waals surface area contributed by atoms with E-state index >= 15 is 0 Å². The van der Waals surface area contributed by atoms with Gasteiger partial charge < -0.3 is 4.98 Å². The van der Waals surface area contributed by atoms with Crippen LogP contribution >= 0.6 is 27.1 Å². The van der Waals surface area contributed by atoms with Crippen LogP contribution in [0.15, 0.2) is 11.4 Å². The Morgan fingerprint density at radius 3 is 2.91 bits per heavy atom. The number of rotatable bonds is 3. The fourth-order valence-electron chi connectivity index (χ4n) is 0.652. The number of aromatic amines is 1. The number of nitrogens with zero attached hydrogens (tertiary/aromatic N) is 1. The highest BCUT2D eigenvalue weighted by Gasteiger charge is 2.03. The number of nitrogens with one attached hydrogen (secondary N) is 1. The monoisotopic (exact) mass is 249 g/mol. The predicted octanol–water partition coefficient (Wildman–Crippen LogP) is 2.65. The summed E-state index contributed by atoms with van der Waals surface area (Å²) in [7, 11) is -0.274. The average Bonchev–Trinajstić information content (AvgIpc) is 2.34. The van der Waals surface area contributed by atoms with Crippen LogP contribution in [0.4, 0.5) is 0 Å². The van der Waals surface area contributed by atoms with Crippen molar-refractivity contribution >= 4 is 35.1 Å². The minimum atomic E-state index is -0.274. The average molecular weight is 250 g/mol. The quantitative estimate of drug-likeness (QED) is 0.660. The van der Waals surface area contributed by atoms with E-state index in [9.17, 15) is 0 Å². The van der Waals surface area contributed by atoms with Gasteiger partial charge in [0, 0.05) is 17.2 Å². The van der Waals surface area contributed by atoms with E-state index in [1.54, 1.807) is 0 Å². The Bertz CT molecular complexity index is 226. The molecule has 0 bridgehead atoms. The Kier molecular flexibility index (Phi) is 3.67. The maximum atomic E-state index is 4.23. The lowest BCUT2D eigenvalue weighted by Gasteiger charge is -1.96. The third-order valence-corrected chi connectivity index (χ3v) is 4.27. The fraction of sp³-hybridized carbons (Fsp3) is 0.500. The molecule has 1 radical (unpaired) electrons. The summed E-state index contributed by atoms with van der Waals surface area (Å²) >= 11 is 5.21.